The van der Waals surface area contributed by atoms with E-state index in [1.807, 2.05) is 55.7 Å². The van der Waals surface area contributed by atoms with Crippen molar-refractivity contribution in [2.45, 2.75) is 38.4 Å². The second kappa shape index (κ2) is 9.57. The second-order valence-electron chi connectivity index (χ2n) is 9.12. The zero-order valence-electron chi connectivity index (χ0n) is 19.8. The molecule has 1 aromatic carbocycles. The van der Waals surface area contributed by atoms with Gasteiger partial charge in [-0.25, -0.2) is 0 Å². The molecule has 0 bridgehead atoms. The maximum absolute atomic E-state index is 11.2. The van der Waals surface area contributed by atoms with Crippen molar-refractivity contribution in [1.29, 1.82) is 0 Å². The number of aromatic nitrogens is 2. The highest BCUT2D eigenvalue weighted by atomic mass is 16.5. The van der Waals surface area contributed by atoms with Crippen LogP contribution in [0.4, 0.5) is 0 Å². The van der Waals surface area contributed by atoms with Gasteiger partial charge < -0.3 is 19.5 Å². The summed E-state index contributed by atoms with van der Waals surface area (Å²) in [6.45, 7) is 5.07. The lowest BCUT2D eigenvalue weighted by atomic mass is 9.85. The highest BCUT2D eigenvalue weighted by Gasteiger charge is 2.34. The minimum absolute atomic E-state index is 0.450. The van der Waals surface area contributed by atoms with Crippen molar-refractivity contribution in [1.82, 2.24) is 14.9 Å². The highest BCUT2D eigenvalue weighted by molar-refractivity contribution is 5.85. The Balaban J connectivity index is 1.31. The smallest absolute Gasteiger partial charge is 0.131 e. The van der Waals surface area contributed by atoms with Crippen LogP contribution in [0.5, 0.6) is 11.5 Å². The third kappa shape index (κ3) is 4.56. The Morgan fingerprint density at radius 3 is 2.74 bits per heavy atom. The first-order valence-corrected chi connectivity index (χ1v) is 11.9. The lowest BCUT2D eigenvalue weighted by Gasteiger charge is -2.38. The quantitative estimate of drug-likeness (QED) is 0.609. The number of nitrogens with zero attached hydrogens (tertiary/aromatic N) is 3. The Kier molecular flexibility index (Phi) is 6.35. The van der Waals surface area contributed by atoms with Gasteiger partial charge in [0.15, 0.2) is 0 Å². The fourth-order valence-electron chi connectivity index (χ4n) is 4.85. The monoisotopic (exact) mass is 457 g/mol. The lowest BCUT2D eigenvalue weighted by Crippen LogP contribution is -2.42. The van der Waals surface area contributed by atoms with Crippen LogP contribution in [-0.2, 0) is 12.2 Å². The number of hydrogen-bond acceptors (Lipinski definition) is 6. The molecule has 2 aliphatic rings. The summed E-state index contributed by atoms with van der Waals surface area (Å²) in [5.74, 6) is 1.65. The summed E-state index contributed by atoms with van der Waals surface area (Å²) in [4.78, 5) is 11.4. The van der Waals surface area contributed by atoms with Crippen molar-refractivity contribution in [2.24, 2.45) is 0 Å². The van der Waals surface area contributed by atoms with E-state index >= 15 is 0 Å². The molecule has 3 aromatic rings. The van der Waals surface area contributed by atoms with Gasteiger partial charge in [-0.1, -0.05) is 18.2 Å². The molecule has 0 spiro atoms. The van der Waals surface area contributed by atoms with E-state index in [2.05, 4.69) is 27.0 Å². The van der Waals surface area contributed by atoms with Crippen LogP contribution in [0, 0.1) is 6.92 Å². The van der Waals surface area contributed by atoms with Crippen LogP contribution in [-0.4, -0.2) is 46.7 Å². The summed E-state index contributed by atoms with van der Waals surface area (Å²) in [7, 11) is 1.68. The van der Waals surface area contributed by atoms with Gasteiger partial charge in [0.2, 0.25) is 0 Å². The summed E-state index contributed by atoms with van der Waals surface area (Å²) < 4.78 is 11.6. The van der Waals surface area contributed by atoms with E-state index in [0.29, 0.717) is 6.61 Å². The number of ether oxygens (including phenoxy) is 2. The number of piperidine rings is 1. The van der Waals surface area contributed by atoms with E-state index in [1.54, 1.807) is 7.11 Å². The number of hydrogen-bond donors (Lipinski definition) is 1. The standard InChI is InChI=1S/C28H31N3O3/c1-20-7-8-21(18-30-20)28(32)11-15-31(16-12-28)14-4-6-23-24-5-3-13-29-26(24)19-34-27-10-9-22(33-2)17-25(23)27/h3,5-10,13,17-18,32H,4,11-12,14-16,19H2,1-2H3/b23-6+. The van der Waals surface area contributed by atoms with Gasteiger partial charge in [0, 0.05) is 54.4 Å². The highest BCUT2D eigenvalue weighted by Crippen LogP contribution is 2.38. The number of likely N-dealkylation sites (tertiary alicyclic amines) is 1. The molecule has 0 saturated carbocycles. The molecule has 1 saturated heterocycles. The normalized spacial score (nSPS) is 18.5. The molecule has 34 heavy (non-hydrogen) atoms. The maximum atomic E-state index is 11.2. The number of benzene rings is 1. The van der Waals surface area contributed by atoms with E-state index in [9.17, 15) is 5.11 Å². The van der Waals surface area contributed by atoms with Gasteiger partial charge >= 0.3 is 0 Å². The van der Waals surface area contributed by atoms with Crippen molar-refractivity contribution < 1.29 is 14.6 Å². The molecule has 2 aliphatic heterocycles. The Bertz CT molecular complexity index is 1180. The number of methoxy groups -OCH3 is 1. The van der Waals surface area contributed by atoms with Crippen molar-refractivity contribution in [3.05, 3.63) is 89.0 Å². The van der Waals surface area contributed by atoms with Gasteiger partial charge in [0.05, 0.1) is 18.4 Å². The Morgan fingerprint density at radius 2 is 1.97 bits per heavy atom. The Hall–Kier alpha value is -3.22. The largest absolute Gasteiger partial charge is 0.497 e. The fourth-order valence-corrected chi connectivity index (χ4v) is 4.85. The molecule has 0 aliphatic carbocycles. The summed E-state index contributed by atoms with van der Waals surface area (Å²) in [6, 6.07) is 14.0. The van der Waals surface area contributed by atoms with E-state index < -0.39 is 5.60 Å². The van der Waals surface area contributed by atoms with E-state index in [0.717, 1.165) is 84.0 Å². The SMILES string of the molecule is COc1ccc2c(c1)/C(=C/CCN1CCC(O)(c3ccc(C)nc3)CC1)c1cccnc1CO2. The first kappa shape index (κ1) is 22.6. The number of aryl methyl sites for hydroxylation is 1. The molecule has 0 amide bonds. The Labute approximate surface area is 200 Å². The van der Waals surface area contributed by atoms with Gasteiger partial charge in [-0.2, -0.15) is 0 Å². The van der Waals surface area contributed by atoms with Crippen molar-refractivity contribution in [3.8, 4) is 11.5 Å². The minimum Gasteiger partial charge on any atom is -0.497 e. The zero-order chi connectivity index (χ0) is 23.5. The zero-order valence-corrected chi connectivity index (χ0v) is 19.8. The predicted molar refractivity (Wildman–Crippen MR) is 132 cm³/mol. The van der Waals surface area contributed by atoms with Crippen LogP contribution >= 0.6 is 0 Å². The van der Waals surface area contributed by atoms with Crippen molar-refractivity contribution in [2.75, 3.05) is 26.7 Å². The number of pyridine rings is 2. The molecule has 5 rings (SSSR count). The first-order valence-electron chi connectivity index (χ1n) is 11.9. The Morgan fingerprint density at radius 1 is 1.12 bits per heavy atom. The number of rotatable bonds is 5. The van der Waals surface area contributed by atoms with E-state index in [4.69, 9.17) is 9.47 Å². The molecule has 176 valence electrons. The molecule has 0 unspecified atom stereocenters. The number of fused-ring (bicyclic) bond motifs is 2. The maximum Gasteiger partial charge on any atom is 0.131 e. The average Bonchev–Trinajstić information content (AvgIpc) is 3.02. The summed E-state index contributed by atoms with van der Waals surface area (Å²) >= 11 is 0. The second-order valence-corrected chi connectivity index (χ2v) is 9.12. The summed E-state index contributed by atoms with van der Waals surface area (Å²) in [6.07, 6.45) is 8.25. The fraction of sp³-hybridized carbons (Fsp3) is 0.357. The van der Waals surface area contributed by atoms with Gasteiger partial charge in [-0.3, -0.25) is 9.97 Å². The molecule has 0 atom stereocenters. The van der Waals surface area contributed by atoms with Crippen LogP contribution < -0.4 is 9.47 Å². The van der Waals surface area contributed by atoms with Crippen molar-refractivity contribution >= 4 is 5.57 Å². The van der Waals surface area contributed by atoms with Gasteiger partial charge in [0.1, 0.15) is 18.1 Å². The molecular formula is C28H31N3O3. The van der Waals surface area contributed by atoms with Crippen LogP contribution in [0.3, 0.4) is 0 Å². The van der Waals surface area contributed by atoms with Crippen LogP contribution in [0.2, 0.25) is 0 Å². The third-order valence-corrected chi connectivity index (χ3v) is 6.95. The summed E-state index contributed by atoms with van der Waals surface area (Å²) in [5, 5.41) is 11.2. The third-order valence-electron chi connectivity index (χ3n) is 6.95. The molecule has 6 heteroatoms. The topological polar surface area (TPSA) is 67.7 Å². The predicted octanol–water partition coefficient (Wildman–Crippen LogP) is 4.49. The summed E-state index contributed by atoms with van der Waals surface area (Å²) in [5.41, 5.74) is 5.33. The van der Waals surface area contributed by atoms with Crippen LogP contribution in [0.1, 0.15) is 47.3 Å². The molecule has 4 heterocycles. The van der Waals surface area contributed by atoms with Gasteiger partial charge in [-0.05, 0) is 62.1 Å². The molecule has 1 N–H and O–H groups in total. The van der Waals surface area contributed by atoms with Gasteiger partial charge in [-0.15, -0.1) is 0 Å². The molecular weight excluding hydrogens is 426 g/mol. The van der Waals surface area contributed by atoms with Crippen molar-refractivity contribution in [3.63, 3.8) is 0 Å². The first-order chi connectivity index (χ1) is 16.6. The molecule has 1 fully saturated rings. The molecule has 2 aromatic heterocycles. The van der Waals surface area contributed by atoms with Crippen LogP contribution in [0.15, 0.2) is 60.9 Å². The van der Waals surface area contributed by atoms with E-state index in [1.165, 1.54) is 0 Å². The lowest BCUT2D eigenvalue weighted by molar-refractivity contribution is -0.0257. The molecule has 0 radical (unpaired) electrons. The van der Waals surface area contributed by atoms with Gasteiger partial charge in [0.25, 0.3) is 0 Å². The van der Waals surface area contributed by atoms with E-state index in [-0.39, 0.29) is 0 Å². The van der Waals surface area contributed by atoms with Crippen LogP contribution in [0.25, 0.3) is 5.57 Å². The average molecular weight is 458 g/mol. The number of aliphatic hydroxyl groups is 1. The minimum atomic E-state index is -0.783. The molecule has 6 nitrogen and oxygen atoms in total.